The highest BCUT2D eigenvalue weighted by Gasteiger charge is 2.01. The van der Waals surface area contributed by atoms with Crippen LogP contribution in [0.15, 0.2) is 23.3 Å². The highest BCUT2D eigenvalue weighted by molar-refractivity contribution is 6.33. The van der Waals surface area contributed by atoms with Crippen LogP contribution in [0, 0.1) is 34.0 Å². The van der Waals surface area contributed by atoms with E-state index in [4.69, 9.17) is 27.4 Å². The molecule has 0 radical (unpaired) electrons. The minimum absolute atomic E-state index is 0.290. The number of rotatable bonds is 2. The zero-order valence-corrected chi connectivity index (χ0v) is 8.65. The maximum Gasteiger partial charge on any atom is 0.237 e. The van der Waals surface area contributed by atoms with Crippen LogP contribution in [0.4, 0.5) is 5.69 Å². The Morgan fingerprint density at radius 1 is 1.25 bits per heavy atom. The molecule has 76 valence electrons. The molecular formula is C10H4ClN5. The second-order valence-electron chi connectivity index (χ2n) is 2.60. The minimum Gasteiger partial charge on any atom is -0.275 e. The molecule has 1 N–H and O–H groups in total. The van der Waals surface area contributed by atoms with Crippen molar-refractivity contribution in [2.75, 3.05) is 5.43 Å². The first-order valence-corrected chi connectivity index (χ1v) is 4.42. The van der Waals surface area contributed by atoms with Gasteiger partial charge in [-0.1, -0.05) is 11.6 Å². The maximum absolute atomic E-state index is 8.60. The number of nitrogens with one attached hydrogen (secondary N) is 1. The van der Waals surface area contributed by atoms with E-state index in [0.29, 0.717) is 11.3 Å². The molecular weight excluding hydrogens is 226 g/mol. The zero-order chi connectivity index (χ0) is 12.0. The van der Waals surface area contributed by atoms with Crippen molar-refractivity contribution in [3.63, 3.8) is 0 Å². The average molecular weight is 230 g/mol. The molecule has 0 amide bonds. The van der Waals surface area contributed by atoms with Gasteiger partial charge >= 0.3 is 0 Å². The Morgan fingerprint density at radius 3 is 2.44 bits per heavy atom. The number of nitriles is 3. The number of halogens is 1. The van der Waals surface area contributed by atoms with Crippen molar-refractivity contribution < 1.29 is 0 Å². The molecule has 0 atom stereocenters. The predicted octanol–water partition coefficient (Wildman–Crippen LogP) is 2.03. The summed E-state index contributed by atoms with van der Waals surface area (Å²) in [4.78, 5) is 0. The van der Waals surface area contributed by atoms with Crippen LogP contribution in [0.3, 0.4) is 0 Å². The summed E-state index contributed by atoms with van der Waals surface area (Å²) in [7, 11) is 0. The van der Waals surface area contributed by atoms with Gasteiger partial charge in [0, 0.05) is 0 Å². The number of hydrazone groups is 1. The first kappa shape index (κ1) is 11.5. The van der Waals surface area contributed by atoms with Crippen LogP contribution in [0.5, 0.6) is 0 Å². The van der Waals surface area contributed by atoms with Gasteiger partial charge < -0.3 is 0 Å². The van der Waals surface area contributed by atoms with E-state index in [1.165, 1.54) is 12.1 Å². The van der Waals surface area contributed by atoms with Gasteiger partial charge in [0.15, 0.2) is 0 Å². The molecule has 16 heavy (non-hydrogen) atoms. The van der Waals surface area contributed by atoms with Gasteiger partial charge in [0.2, 0.25) is 5.71 Å². The van der Waals surface area contributed by atoms with Crippen molar-refractivity contribution in [2.45, 2.75) is 0 Å². The fourth-order valence-electron chi connectivity index (χ4n) is 0.866. The average Bonchev–Trinajstić information content (AvgIpc) is 2.32. The molecule has 0 fully saturated rings. The van der Waals surface area contributed by atoms with E-state index in [-0.39, 0.29) is 10.7 Å². The van der Waals surface area contributed by atoms with Crippen molar-refractivity contribution in [3.05, 3.63) is 28.8 Å². The molecule has 0 spiro atoms. The highest BCUT2D eigenvalue weighted by Crippen LogP contribution is 2.22. The first-order chi connectivity index (χ1) is 7.71. The van der Waals surface area contributed by atoms with Gasteiger partial charge in [-0.2, -0.15) is 20.9 Å². The molecule has 0 heterocycles. The second kappa shape index (κ2) is 5.36. The second-order valence-corrected chi connectivity index (χ2v) is 3.01. The lowest BCUT2D eigenvalue weighted by Crippen LogP contribution is -1.96. The van der Waals surface area contributed by atoms with Gasteiger partial charge in [0.05, 0.1) is 22.3 Å². The van der Waals surface area contributed by atoms with Crippen LogP contribution in [-0.2, 0) is 0 Å². The van der Waals surface area contributed by atoms with Gasteiger partial charge in [0.25, 0.3) is 0 Å². The van der Waals surface area contributed by atoms with Gasteiger partial charge in [-0.3, -0.25) is 5.43 Å². The third-order valence-electron chi connectivity index (χ3n) is 1.60. The van der Waals surface area contributed by atoms with Crippen LogP contribution >= 0.6 is 11.6 Å². The topological polar surface area (TPSA) is 95.8 Å². The van der Waals surface area contributed by atoms with Crippen LogP contribution in [0.25, 0.3) is 0 Å². The Labute approximate surface area is 96.8 Å². The van der Waals surface area contributed by atoms with Crippen molar-refractivity contribution in [2.24, 2.45) is 5.10 Å². The van der Waals surface area contributed by atoms with Gasteiger partial charge in [-0.25, -0.2) is 0 Å². The van der Waals surface area contributed by atoms with E-state index in [1.54, 1.807) is 18.2 Å². The molecule has 5 nitrogen and oxygen atoms in total. The van der Waals surface area contributed by atoms with Gasteiger partial charge in [0.1, 0.15) is 12.1 Å². The molecule has 0 saturated carbocycles. The highest BCUT2D eigenvalue weighted by atomic mass is 35.5. The summed E-state index contributed by atoms with van der Waals surface area (Å²) in [6.45, 7) is 0. The molecule has 1 rings (SSSR count). The van der Waals surface area contributed by atoms with E-state index < -0.39 is 0 Å². The summed E-state index contributed by atoms with van der Waals surface area (Å²) in [6.07, 6.45) is 0. The Bertz CT molecular complexity index is 540. The fraction of sp³-hybridized carbons (Fsp3) is 0. The monoisotopic (exact) mass is 229 g/mol. The van der Waals surface area contributed by atoms with Crippen molar-refractivity contribution in [1.29, 1.82) is 15.8 Å². The SMILES string of the molecule is N#CC(C#N)=NNc1ccc(C#N)cc1Cl. The molecule has 1 aromatic carbocycles. The van der Waals surface area contributed by atoms with Crippen LogP contribution in [-0.4, -0.2) is 5.71 Å². The summed E-state index contributed by atoms with van der Waals surface area (Å²) >= 11 is 5.83. The van der Waals surface area contributed by atoms with Crippen molar-refractivity contribution in [1.82, 2.24) is 0 Å². The van der Waals surface area contributed by atoms with Gasteiger partial charge in [-0.05, 0) is 18.2 Å². The van der Waals surface area contributed by atoms with E-state index in [2.05, 4.69) is 10.5 Å². The maximum atomic E-state index is 8.60. The summed E-state index contributed by atoms with van der Waals surface area (Å²) in [6, 6.07) is 9.66. The summed E-state index contributed by atoms with van der Waals surface area (Å²) in [5.41, 5.74) is 3.00. The lowest BCUT2D eigenvalue weighted by atomic mass is 10.2. The molecule has 0 unspecified atom stereocenters. The summed E-state index contributed by atoms with van der Waals surface area (Å²) in [5, 5.41) is 29.3. The summed E-state index contributed by atoms with van der Waals surface area (Å²) in [5.74, 6) is 0. The number of hydrogen-bond acceptors (Lipinski definition) is 5. The molecule has 6 heteroatoms. The Kier molecular flexibility index (Phi) is 3.86. The van der Waals surface area contributed by atoms with E-state index in [1.807, 2.05) is 6.07 Å². The largest absolute Gasteiger partial charge is 0.275 e. The standard InChI is InChI=1S/C10H4ClN5/c11-9-3-7(4-12)1-2-10(9)16-15-8(5-13)6-14/h1-3,16H. The number of nitrogens with zero attached hydrogens (tertiary/aromatic N) is 4. The zero-order valence-electron chi connectivity index (χ0n) is 7.90. The number of hydrogen-bond donors (Lipinski definition) is 1. The third kappa shape index (κ3) is 2.72. The molecule has 0 aliphatic rings. The lowest BCUT2D eigenvalue weighted by Gasteiger charge is -2.02. The van der Waals surface area contributed by atoms with Crippen molar-refractivity contribution >= 4 is 23.0 Å². The molecule has 1 aromatic rings. The smallest absolute Gasteiger partial charge is 0.237 e. The lowest BCUT2D eigenvalue weighted by molar-refractivity contribution is 1.33. The quantitative estimate of drug-likeness (QED) is 0.620. The molecule has 0 saturated heterocycles. The number of anilines is 1. The molecule has 0 bridgehead atoms. The predicted molar refractivity (Wildman–Crippen MR) is 58.5 cm³/mol. The Balaban J connectivity index is 2.94. The van der Waals surface area contributed by atoms with Crippen LogP contribution in [0.1, 0.15) is 5.56 Å². The molecule has 0 aliphatic heterocycles. The Hall–Kier alpha value is -2.55. The van der Waals surface area contributed by atoms with E-state index in [9.17, 15) is 0 Å². The summed E-state index contributed by atoms with van der Waals surface area (Å²) < 4.78 is 0. The fourth-order valence-corrected chi connectivity index (χ4v) is 1.09. The van der Waals surface area contributed by atoms with Gasteiger partial charge in [-0.15, -0.1) is 0 Å². The number of benzene rings is 1. The van der Waals surface area contributed by atoms with E-state index in [0.717, 1.165) is 0 Å². The third-order valence-corrected chi connectivity index (χ3v) is 1.91. The van der Waals surface area contributed by atoms with E-state index >= 15 is 0 Å². The molecule has 0 aliphatic carbocycles. The van der Waals surface area contributed by atoms with Crippen LogP contribution in [0.2, 0.25) is 5.02 Å². The van der Waals surface area contributed by atoms with Crippen LogP contribution < -0.4 is 5.43 Å². The first-order valence-electron chi connectivity index (χ1n) is 4.05. The van der Waals surface area contributed by atoms with Crippen molar-refractivity contribution in [3.8, 4) is 18.2 Å². The normalized spacial score (nSPS) is 8.12. The minimum atomic E-state index is -0.305. The Morgan fingerprint density at radius 2 is 1.94 bits per heavy atom. The molecule has 0 aromatic heterocycles.